The van der Waals surface area contributed by atoms with E-state index in [-0.39, 0.29) is 0 Å². The molecule has 1 nitrogen and oxygen atoms in total. The largest absolute Gasteiger partial charge is 0.492 e. The van der Waals surface area contributed by atoms with Gasteiger partial charge in [0.05, 0.1) is 6.61 Å². The summed E-state index contributed by atoms with van der Waals surface area (Å²) in [4.78, 5) is 1.20. The van der Waals surface area contributed by atoms with Gasteiger partial charge in [-0.15, -0.1) is 11.8 Å². The molecule has 0 bridgehead atoms. The topological polar surface area (TPSA) is 9.23 Å². The molecule has 0 radical (unpaired) electrons. The maximum absolute atomic E-state index is 5.87. The first kappa shape index (κ1) is 13.8. The second-order valence-electron chi connectivity index (χ2n) is 4.15. The third-order valence-corrected chi connectivity index (χ3v) is 3.95. The molecule has 0 aliphatic heterocycles. The number of hydrogen-bond donors (Lipinski definition) is 1. The molecule has 0 amide bonds. The quantitative estimate of drug-likeness (QED) is 0.609. The van der Waals surface area contributed by atoms with Crippen LogP contribution in [0.3, 0.4) is 0 Å². The van der Waals surface area contributed by atoms with E-state index in [1.54, 1.807) is 11.8 Å². The molecule has 1 aromatic rings. The highest BCUT2D eigenvalue weighted by Crippen LogP contribution is 2.27. The molecule has 0 aliphatic rings. The monoisotopic (exact) mass is 256 g/mol. The number of rotatable bonds is 6. The molecule has 16 heavy (non-hydrogen) atoms. The van der Waals surface area contributed by atoms with Crippen LogP contribution >= 0.6 is 24.4 Å². The summed E-state index contributed by atoms with van der Waals surface area (Å²) >= 11 is 6.08. The van der Waals surface area contributed by atoms with Gasteiger partial charge in [-0.25, -0.2) is 0 Å². The highest BCUT2D eigenvalue weighted by atomic mass is 32.2. The lowest BCUT2D eigenvalue weighted by molar-refractivity contribution is 0.223. The van der Waals surface area contributed by atoms with E-state index in [0.717, 1.165) is 18.1 Å². The fourth-order valence-electron chi connectivity index (χ4n) is 1.39. The molecule has 3 heteroatoms. The Morgan fingerprint density at radius 3 is 2.56 bits per heavy atom. The first-order valence-corrected chi connectivity index (χ1v) is 7.41. The molecule has 1 unspecified atom stereocenters. The van der Waals surface area contributed by atoms with Gasteiger partial charge in [-0.1, -0.05) is 26.0 Å². The van der Waals surface area contributed by atoms with Gasteiger partial charge in [0.1, 0.15) is 5.75 Å². The van der Waals surface area contributed by atoms with Crippen molar-refractivity contribution in [3.05, 3.63) is 24.3 Å². The van der Waals surface area contributed by atoms with Crippen LogP contribution < -0.4 is 4.74 Å². The standard InChI is InChI=1S/C13H20OS2/c1-10(2)11(9-15)8-14-12-6-4-5-7-13(12)16-3/h4-7,10-11,15H,8-9H2,1-3H3. The van der Waals surface area contributed by atoms with Crippen LogP contribution in [0.1, 0.15) is 13.8 Å². The molecule has 1 atom stereocenters. The Labute approximate surface area is 108 Å². The summed E-state index contributed by atoms with van der Waals surface area (Å²) in [5, 5.41) is 0. The molecule has 0 heterocycles. The highest BCUT2D eigenvalue weighted by Gasteiger charge is 2.13. The third-order valence-electron chi connectivity index (χ3n) is 2.70. The lowest BCUT2D eigenvalue weighted by atomic mass is 9.99. The molecule has 0 saturated heterocycles. The van der Waals surface area contributed by atoms with Crippen molar-refractivity contribution >= 4 is 24.4 Å². The van der Waals surface area contributed by atoms with Gasteiger partial charge in [0.15, 0.2) is 0 Å². The minimum Gasteiger partial charge on any atom is -0.492 e. The second kappa shape index (κ2) is 7.13. The lowest BCUT2D eigenvalue weighted by Gasteiger charge is -2.19. The van der Waals surface area contributed by atoms with E-state index in [2.05, 4.69) is 38.8 Å². The van der Waals surface area contributed by atoms with E-state index in [9.17, 15) is 0 Å². The minimum atomic E-state index is 0.512. The summed E-state index contributed by atoms with van der Waals surface area (Å²) in [6.45, 7) is 5.17. The van der Waals surface area contributed by atoms with Gasteiger partial charge in [-0.2, -0.15) is 12.6 Å². The van der Waals surface area contributed by atoms with Crippen LogP contribution in [0.2, 0.25) is 0 Å². The fourth-order valence-corrected chi connectivity index (χ4v) is 2.46. The molecule has 0 saturated carbocycles. The zero-order valence-electron chi connectivity index (χ0n) is 10.1. The summed E-state index contributed by atoms with van der Waals surface area (Å²) in [5.41, 5.74) is 0. The number of hydrogen-bond acceptors (Lipinski definition) is 3. The van der Waals surface area contributed by atoms with Gasteiger partial charge >= 0.3 is 0 Å². The summed E-state index contributed by atoms with van der Waals surface area (Å²) < 4.78 is 5.87. The zero-order chi connectivity index (χ0) is 12.0. The zero-order valence-corrected chi connectivity index (χ0v) is 11.9. The van der Waals surface area contributed by atoms with Crippen molar-refractivity contribution in [3.8, 4) is 5.75 Å². The molecule has 0 aromatic heterocycles. The van der Waals surface area contributed by atoms with E-state index in [1.807, 2.05) is 18.2 Å². The van der Waals surface area contributed by atoms with Crippen molar-refractivity contribution in [1.29, 1.82) is 0 Å². The Kier molecular flexibility index (Phi) is 6.14. The number of para-hydroxylation sites is 1. The maximum atomic E-state index is 5.87. The average Bonchev–Trinajstić information content (AvgIpc) is 2.30. The van der Waals surface area contributed by atoms with Crippen molar-refractivity contribution < 1.29 is 4.74 Å². The first-order valence-electron chi connectivity index (χ1n) is 5.55. The van der Waals surface area contributed by atoms with Gasteiger partial charge in [0.25, 0.3) is 0 Å². The molecule has 0 aliphatic carbocycles. The van der Waals surface area contributed by atoms with Crippen LogP contribution in [0.4, 0.5) is 0 Å². The first-order chi connectivity index (χ1) is 7.69. The SMILES string of the molecule is CSc1ccccc1OCC(CS)C(C)C. The maximum Gasteiger partial charge on any atom is 0.132 e. The molecular formula is C13H20OS2. The van der Waals surface area contributed by atoms with E-state index < -0.39 is 0 Å². The highest BCUT2D eigenvalue weighted by molar-refractivity contribution is 7.98. The van der Waals surface area contributed by atoms with Crippen molar-refractivity contribution in [2.45, 2.75) is 18.7 Å². The van der Waals surface area contributed by atoms with E-state index in [0.29, 0.717) is 11.8 Å². The Bertz CT molecular complexity index is 313. The van der Waals surface area contributed by atoms with Gasteiger partial charge in [-0.3, -0.25) is 0 Å². The molecule has 1 aromatic carbocycles. The molecule has 90 valence electrons. The lowest BCUT2D eigenvalue weighted by Crippen LogP contribution is -2.19. The van der Waals surface area contributed by atoms with Crippen molar-refractivity contribution in [1.82, 2.24) is 0 Å². The molecule has 0 spiro atoms. The van der Waals surface area contributed by atoms with E-state index in [4.69, 9.17) is 4.74 Å². The van der Waals surface area contributed by atoms with Crippen molar-refractivity contribution in [2.24, 2.45) is 11.8 Å². The van der Waals surface area contributed by atoms with Crippen LogP contribution in [0.15, 0.2) is 29.2 Å². The van der Waals surface area contributed by atoms with Crippen molar-refractivity contribution in [2.75, 3.05) is 18.6 Å². The summed E-state index contributed by atoms with van der Waals surface area (Å²) in [5.74, 6) is 2.98. The van der Waals surface area contributed by atoms with Crippen molar-refractivity contribution in [3.63, 3.8) is 0 Å². The predicted octanol–water partition coefficient (Wildman–Crippen LogP) is 3.99. The Morgan fingerprint density at radius 2 is 2.00 bits per heavy atom. The second-order valence-corrected chi connectivity index (χ2v) is 5.36. The Morgan fingerprint density at radius 1 is 1.31 bits per heavy atom. The van der Waals surface area contributed by atoms with Gasteiger partial charge in [-0.05, 0) is 30.1 Å². The van der Waals surface area contributed by atoms with Crippen LogP contribution in [0, 0.1) is 11.8 Å². The Balaban J connectivity index is 2.59. The van der Waals surface area contributed by atoms with Crippen LogP contribution in [-0.4, -0.2) is 18.6 Å². The number of thiol groups is 1. The summed E-state index contributed by atoms with van der Waals surface area (Å²) in [6, 6.07) is 8.17. The number of ether oxygens (including phenoxy) is 1. The molecular weight excluding hydrogens is 236 g/mol. The smallest absolute Gasteiger partial charge is 0.132 e. The molecule has 0 fully saturated rings. The normalized spacial score (nSPS) is 12.8. The van der Waals surface area contributed by atoms with Crippen LogP contribution in [0.25, 0.3) is 0 Å². The number of benzene rings is 1. The third kappa shape index (κ3) is 3.95. The fraction of sp³-hybridized carbons (Fsp3) is 0.538. The number of thioether (sulfide) groups is 1. The van der Waals surface area contributed by atoms with Gasteiger partial charge < -0.3 is 4.74 Å². The minimum absolute atomic E-state index is 0.512. The summed E-state index contributed by atoms with van der Waals surface area (Å²) in [7, 11) is 0. The predicted molar refractivity (Wildman–Crippen MR) is 75.9 cm³/mol. The van der Waals surface area contributed by atoms with E-state index in [1.165, 1.54) is 4.90 Å². The average molecular weight is 256 g/mol. The van der Waals surface area contributed by atoms with Crippen LogP contribution in [0.5, 0.6) is 5.75 Å². The van der Waals surface area contributed by atoms with Gasteiger partial charge in [0, 0.05) is 10.8 Å². The summed E-state index contributed by atoms with van der Waals surface area (Å²) in [6.07, 6.45) is 2.07. The van der Waals surface area contributed by atoms with Gasteiger partial charge in [0.2, 0.25) is 0 Å². The van der Waals surface area contributed by atoms with Crippen LogP contribution in [-0.2, 0) is 0 Å². The van der Waals surface area contributed by atoms with E-state index >= 15 is 0 Å². The molecule has 1 rings (SSSR count). The Hall–Kier alpha value is -0.280. The molecule has 0 N–H and O–H groups in total.